The molecular weight excluding hydrogens is 256 g/mol. The number of Topliss-reactive ketones (excluding diaryl/α,β-unsaturated/α-hetero) is 1. The van der Waals surface area contributed by atoms with E-state index in [0.717, 1.165) is 18.4 Å². The summed E-state index contributed by atoms with van der Waals surface area (Å²) in [5.41, 5.74) is 2.25. The molecule has 2 aromatic rings. The minimum Gasteiger partial charge on any atom is -0.294 e. The largest absolute Gasteiger partial charge is 0.294 e. The lowest BCUT2D eigenvalue weighted by Gasteiger charge is -2.33. The maximum absolute atomic E-state index is 12.7. The smallest absolute Gasteiger partial charge is 0.165 e. The summed E-state index contributed by atoms with van der Waals surface area (Å²) in [6, 6.07) is 20.4. The Labute approximate surface area is 127 Å². The Balaban J connectivity index is 1.79. The second-order valence-corrected chi connectivity index (χ2v) is 6.35. The third-order valence-electron chi connectivity index (χ3n) is 4.64. The molecule has 2 aromatic carbocycles. The first-order chi connectivity index (χ1) is 10.2. The molecule has 0 amide bonds. The van der Waals surface area contributed by atoms with Crippen LogP contribution in [0.1, 0.15) is 48.0 Å². The molecule has 1 saturated carbocycles. The van der Waals surface area contributed by atoms with E-state index in [1.807, 2.05) is 30.3 Å². The SMILES string of the molecule is CC1CC(C(=O)c2ccccc2)CC(c2ccccc2)C1. The van der Waals surface area contributed by atoms with Gasteiger partial charge in [-0.05, 0) is 36.7 Å². The third-order valence-corrected chi connectivity index (χ3v) is 4.64. The van der Waals surface area contributed by atoms with Gasteiger partial charge in [-0.15, -0.1) is 0 Å². The molecule has 0 spiro atoms. The minimum absolute atomic E-state index is 0.168. The zero-order chi connectivity index (χ0) is 14.7. The molecule has 0 saturated heterocycles. The van der Waals surface area contributed by atoms with Gasteiger partial charge in [0.05, 0.1) is 0 Å². The molecule has 0 N–H and O–H groups in total. The van der Waals surface area contributed by atoms with Crippen molar-refractivity contribution in [2.24, 2.45) is 11.8 Å². The Morgan fingerprint density at radius 1 is 0.857 bits per heavy atom. The molecule has 0 aromatic heterocycles. The molecule has 1 fully saturated rings. The summed E-state index contributed by atoms with van der Waals surface area (Å²) in [5, 5.41) is 0. The van der Waals surface area contributed by atoms with Crippen LogP contribution in [0, 0.1) is 11.8 Å². The average molecular weight is 278 g/mol. The van der Waals surface area contributed by atoms with Crippen LogP contribution < -0.4 is 0 Å². The standard InChI is InChI=1S/C20H22O/c1-15-12-18(16-8-4-2-5-9-16)14-19(13-15)20(21)17-10-6-3-7-11-17/h2-11,15,18-19H,12-14H2,1H3. The van der Waals surface area contributed by atoms with Crippen molar-refractivity contribution in [3.63, 3.8) is 0 Å². The van der Waals surface area contributed by atoms with Gasteiger partial charge in [-0.3, -0.25) is 4.79 Å². The van der Waals surface area contributed by atoms with E-state index in [2.05, 4.69) is 37.3 Å². The Morgan fingerprint density at radius 3 is 2.14 bits per heavy atom. The van der Waals surface area contributed by atoms with Gasteiger partial charge in [-0.25, -0.2) is 0 Å². The Hall–Kier alpha value is -1.89. The van der Waals surface area contributed by atoms with Crippen molar-refractivity contribution >= 4 is 5.78 Å². The molecule has 1 nitrogen and oxygen atoms in total. The average Bonchev–Trinajstić information content (AvgIpc) is 2.55. The van der Waals surface area contributed by atoms with Crippen LogP contribution in [-0.2, 0) is 0 Å². The van der Waals surface area contributed by atoms with Crippen molar-refractivity contribution in [1.82, 2.24) is 0 Å². The van der Waals surface area contributed by atoms with E-state index in [1.165, 1.54) is 12.0 Å². The van der Waals surface area contributed by atoms with E-state index in [4.69, 9.17) is 0 Å². The monoisotopic (exact) mass is 278 g/mol. The van der Waals surface area contributed by atoms with Crippen LogP contribution in [0.4, 0.5) is 0 Å². The second-order valence-electron chi connectivity index (χ2n) is 6.35. The molecule has 3 rings (SSSR count). The van der Waals surface area contributed by atoms with Gasteiger partial charge in [0, 0.05) is 11.5 Å². The highest BCUT2D eigenvalue weighted by Crippen LogP contribution is 2.40. The number of hydrogen-bond acceptors (Lipinski definition) is 1. The van der Waals surface area contributed by atoms with E-state index < -0.39 is 0 Å². The van der Waals surface area contributed by atoms with Crippen molar-refractivity contribution in [3.05, 3.63) is 71.8 Å². The zero-order valence-corrected chi connectivity index (χ0v) is 12.5. The van der Waals surface area contributed by atoms with Crippen LogP contribution in [0.5, 0.6) is 0 Å². The normalized spacial score (nSPS) is 25.5. The summed E-state index contributed by atoms with van der Waals surface area (Å²) in [5.74, 6) is 1.62. The van der Waals surface area contributed by atoms with E-state index in [0.29, 0.717) is 17.6 Å². The van der Waals surface area contributed by atoms with Gasteiger partial charge < -0.3 is 0 Å². The number of carbonyl (C=O) groups is 1. The third kappa shape index (κ3) is 3.24. The molecule has 3 unspecified atom stereocenters. The minimum atomic E-state index is 0.168. The lowest BCUT2D eigenvalue weighted by Crippen LogP contribution is -2.26. The van der Waals surface area contributed by atoms with Gasteiger partial charge >= 0.3 is 0 Å². The number of rotatable bonds is 3. The molecular formula is C20H22O. The predicted octanol–water partition coefficient (Wildman–Crippen LogP) is 5.09. The molecule has 0 radical (unpaired) electrons. The second kappa shape index (κ2) is 6.26. The zero-order valence-electron chi connectivity index (χ0n) is 12.5. The fourth-order valence-corrected chi connectivity index (χ4v) is 3.65. The van der Waals surface area contributed by atoms with Crippen molar-refractivity contribution in [1.29, 1.82) is 0 Å². The molecule has 0 heterocycles. The van der Waals surface area contributed by atoms with E-state index in [-0.39, 0.29) is 5.92 Å². The van der Waals surface area contributed by atoms with Crippen molar-refractivity contribution in [3.8, 4) is 0 Å². The molecule has 1 heteroatoms. The van der Waals surface area contributed by atoms with E-state index >= 15 is 0 Å². The fraction of sp³-hybridized carbons (Fsp3) is 0.350. The predicted molar refractivity (Wildman–Crippen MR) is 86.5 cm³/mol. The topological polar surface area (TPSA) is 17.1 Å². The lowest BCUT2D eigenvalue weighted by atomic mass is 9.71. The molecule has 21 heavy (non-hydrogen) atoms. The molecule has 1 aliphatic rings. The van der Waals surface area contributed by atoms with E-state index in [9.17, 15) is 4.79 Å². The fourth-order valence-electron chi connectivity index (χ4n) is 3.65. The summed E-state index contributed by atoms with van der Waals surface area (Å²) < 4.78 is 0. The molecule has 108 valence electrons. The first kappa shape index (κ1) is 14.1. The molecule has 3 atom stereocenters. The number of carbonyl (C=O) groups excluding carboxylic acids is 1. The Bertz CT molecular complexity index is 588. The van der Waals surface area contributed by atoms with Crippen molar-refractivity contribution < 1.29 is 4.79 Å². The highest BCUT2D eigenvalue weighted by molar-refractivity contribution is 5.97. The van der Waals surface area contributed by atoms with E-state index in [1.54, 1.807) is 0 Å². The van der Waals surface area contributed by atoms with Gasteiger partial charge in [0.25, 0.3) is 0 Å². The highest BCUT2D eigenvalue weighted by Gasteiger charge is 2.31. The van der Waals surface area contributed by atoms with Crippen LogP contribution in [0.15, 0.2) is 60.7 Å². The van der Waals surface area contributed by atoms with Gasteiger partial charge in [-0.2, -0.15) is 0 Å². The first-order valence-electron chi connectivity index (χ1n) is 7.88. The van der Waals surface area contributed by atoms with Gasteiger partial charge in [-0.1, -0.05) is 67.6 Å². The lowest BCUT2D eigenvalue weighted by molar-refractivity contribution is 0.0855. The van der Waals surface area contributed by atoms with Crippen LogP contribution in [0.2, 0.25) is 0 Å². The summed E-state index contributed by atoms with van der Waals surface area (Å²) >= 11 is 0. The van der Waals surface area contributed by atoms with Gasteiger partial charge in [0.1, 0.15) is 0 Å². The van der Waals surface area contributed by atoms with Crippen LogP contribution in [0.25, 0.3) is 0 Å². The number of ketones is 1. The summed E-state index contributed by atoms with van der Waals surface area (Å²) in [7, 11) is 0. The van der Waals surface area contributed by atoms with Crippen molar-refractivity contribution in [2.75, 3.05) is 0 Å². The van der Waals surface area contributed by atoms with Crippen LogP contribution in [-0.4, -0.2) is 5.78 Å². The first-order valence-corrected chi connectivity index (χ1v) is 7.88. The summed E-state index contributed by atoms with van der Waals surface area (Å²) in [6.45, 7) is 2.28. The van der Waals surface area contributed by atoms with Gasteiger partial charge in [0.2, 0.25) is 0 Å². The number of benzene rings is 2. The maximum Gasteiger partial charge on any atom is 0.165 e. The van der Waals surface area contributed by atoms with Gasteiger partial charge in [0.15, 0.2) is 5.78 Å². The summed E-state index contributed by atoms with van der Waals surface area (Å²) in [6.07, 6.45) is 3.21. The quantitative estimate of drug-likeness (QED) is 0.715. The Morgan fingerprint density at radius 2 is 1.48 bits per heavy atom. The molecule has 0 bridgehead atoms. The van der Waals surface area contributed by atoms with Crippen LogP contribution >= 0.6 is 0 Å². The summed E-state index contributed by atoms with van der Waals surface area (Å²) in [4.78, 5) is 12.7. The molecule has 0 aliphatic heterocycles. The highest BCUT2D eigenvalue weighted by atomic mass is 16.1. The van der Waals surface area contributed by atoms with Crippen LogP contribution in [0.3, 0.4) is 0 Å². The molecule has 1 aliphatic carbocycles. The Kier molecular flexibility index (Phi) is 4.19. The van der Waals surface area contributed by atoms with Crippen molar-refractivity contribution in [2.45, 2.75) is 32.1 Å². The maximum atomic E-state index is 12.7. The number of hydrogen-bond donors (Lipinski definition) is 0.